The van der Waals surface area contributed by atoms with Crippen molar-refractivity contribution >= 4 is 40.4 Å². The van der Waals surface area contributed by atoms with E-state index in [1.807, 2.05) is 6.92 Å². The van der Waals surface area contributed by atoms with Gasteiger partial charge in [0.15, 0.2) is 5.78 Å². The van der Waals surface area contributed by atoms with Crippen molar-refractivity contribution in [2.24, 2.45) is 0 Å². The Labute approximate surface area is 140 Å². The van der Waals surface area contributed by atoms with Gasteiger partial charge < -0.3 is 5.26 Å². The first-order valence-electron chi connectivity index (χ1n) is 4.52. The van der Waals surface area contributed by atoms with Gasteiger partial charge in [0.2, 0.25) is 0 Å². The Morgan fingerprint density at radius 1 is 1.53 bits per heavy atom. The quantitative estimate of drug-likeness (QED) is 0.124. The molecular formula is C10H10INaO4S. The van der Waals surface area contributed by atoms with Crippen molar-refractivity contribution in [1.82, 2.24) is 0 Å². The zero-order chi connectivity index (χ0) is 12.0. The molecule has 0 radical (unpaired) electrons. The molecular weight excluding hydrogens is 366 g/mol. The second-order valence-corrected chi connectivity index (χ2v) is 4.88. The summed E-state index contributed by atoms with van der Waals surface area (Å²) in [6.07, 6.45) is 0.534. The third kappa shape index (κ3) is 6.02. The van der Waals surface area contributed by atoms with Gasteiger partial charge in [0, 0.05) is 21.3 Å². The number of hydrogen-bond acceptors (Lipinski definition) is 5. The average Bonchev–Trinajstić information content (AvgIpc) is 2.27. The summed E-state index contributed by atoms with van der Waals surface area (Å²) < 4.78 is 5.03. The van der Waals surface area contributed by atoms with Gasteiger partial charge in [-0.2, -0.15) is 4.33 Å². The minimum Gasteiger partial charge on any atom is -0.691 e. The summed E-state index contributed by atoms with van der Waals surface area (Å²) in [4.78, 5) is 12.4. The molecule has 0 spiro atoms. The fourth-order valence-corrected chi connectivity index (χ4v) is 2.10. The summed E-state index contributed by atoms with van der Waals surface area (Å²) in [5.41, 5.74) is 1.56. The van der Waals surface area contributed by atoms with Crippen molar-refractivity contribution in [3.63, 3.8) is 0 Å². The van der Waals surface area contributed by atoms with E-state index >= 15 is 0 Å². The van der Waals surface area contributed by atoms with Crippen LogP contribution in [-0.4, -0.2) is 10.2 Å². The molecule has 1 rings (SSSR count). The minimum absolute atomic E-state index is 0. The van der Waals surface area contributed by atoms with Crippen molar-refractivity contribution in [1.29, 1.82) is 0 Å². The number of Topliss-reactive ketones (excluding diaryl/α,β-unsaturated/α-hetero) is 1. The van der Waals surface area contributed by atoms with Crippen LogP contribution in [0.15, 0.2) is 23.1 Å². The third-order valence-electron chi connectivity index (χ3n) is 1.97. The Balaban J connectivity index is 0.00000256. The van der Waals surface area contributed by atoms with Crippen LogP contribution < -0.4 is 34.8 Å². The van der Waals surface area contributed by atoms with E-state index in [0.29, 0.717) is 12.0 Å². The van der Waals surface area contributed by atoms with Crippen LogP contribution in [0.1, 0.15) is 22.3 Å². The second kappa shape index (κ2) is 9.74. The summed E-state index contributed by atoms with van der Waals surface area (Å²) in [5, 5.41) is 12.9. The molecule has 1 aromatic rings. The summed E-state index contributed by atoms with van der Waals surface area (Å²) >= 11 is 3.00. The fraction of sp³-hybridized carbons (Fsp3) is 0.300. The van der Waals surface area contributed by atoms with E-state index in [2.05, 4.69) is 32.0 Å². The maximum atomic E-state index is 11.6. The van der Waals surface area contributed by atoms with E-state index in [1.165, 1.54) is 0 Å². The normalized spacial score (nSPS) is 9.82. The Kier molecular flexibility index (Phi) is 10.2. The first-order valence-corrected chi connectivity index (χ1v) is 6.78. The molecule has 0 aliphatic rings. The minimum atomic E-state index is 0. The molecule has 7 heteroatoms. The van der Waals surface area contributed by atoms with Crippen LogP contribution >= 0.6 is 34.6 Å². The SMILES string of the molecule is Cc1cc(C(=O)CCI)ccc1SOO[O-].[Na+]. The molecule has 0 heterocycles. The molecule has 0 aromatic heterocycles. The van der Waals surface area contributed by atoms with Crippen LogP contribution in [0, 0.1) is 6.92 Å². The molecule has 0 saturated carbocycles. The van der Waals surface area contributed by atoms with Crippen LogP contribution in [0.4, 0.5) is 0 Å². The van der Waals surface area contributed by atoms with Gasteiger partial charge in [-0.1, -0.05) is 28.7 Å². The number of ketones is 1. The number of rotatable bonds is 6. The molecule has 0 aliphatic heterocycles. The maximum absolute atomic E-state index is 11.6. The zero-order valence-corrected chi connectivity index (χ0v) is 14.5. The molecule has 0 saturated heterocycles. The molecule has 0 fully saturated rings. The summed E-state index contributed by atoms with van der Waals surface area (Å²) in [5.74, 6) is 0.120. The van der Waals surface area contributed by atoms with Gasteiger partial charge in [0.1, 0.15) is 0 Å². The van der Waals surface area contributed by atoms with E-state index in [-0.39, 0.29) is 35.3 Å². The van der Waals surface area contributed by atoms with Gasteiger partial charge >= 0.3 is 29.6 Å². The van der Waals surface area contributed by atoms with Gasteiger partial charge in [-0.15, -0.1) is 0 Å². The summed E-state index contributed by atoms with van der Waals surface area (Å²) in [6.45, 7) is 1.84. The maximum Gasteiger partial charge on any atom is 1.00 e. The molecule has 17 heavy (non-hydrogen) atoms. The topological polar surface area (TPSA) is 58.6 Å². The Morgan fingerprint density at radius 2 is 2.24 bits per heavy atom. The molecule has 88 valence electrons. The van der Waals surface area contributed by atoms with E-state index in [4.69, 9.17) is 0 Å². The van der Waals surface area contributed by atoms with Crippen molar-refractivity contribution < 1.29 is 49.0 Å². The summed E-state index contributed by atoms with van der Waals surface area (Å²) in [6, 6.07) is 5.24. The van der Waals surface area contributed by atoms with E-state index in [0.717, 1.165) is 26.9 Å². The fourth-order valence-electron chi connectivity index (χ4n) is 1.20. The number of aryl methyl sites for hydroxylation is 1. The van der Waals surface area contributed by atoms with Crippen LogP contribution in [0.3, 0.4) is 0 Å². The van der Waals surface area contributed by atoms with Crippen LogP contribution in [0.25, 0.3) is 0 Å². The van der Waals surface area contributed by atoms with Crippen LogP contribution in [0.2, 0.25) is 0 Å². The molecule has 0 bridgehead atoms. The Hall–Kier alpha value is 0.850. The number of benzene rings is 1. The Morgan fingerprint density at radius 3 is 2.76 bits per heavy atom. The number of hydrogen-bond donors (Lipinski definition) is 0. The van der Waals surface area contributed by atoms with Crippen molar-refractivity contribution in [3.05, 3.63) is 29.3 Å². The summed E-state index contributed by atoms with van der Waals surface area (Å²) in [7, 11) is 0. The smallest absolute Gasteiger partial charge is 0.691 e. The predicted octanol–water partition coefficient (Wildman–Crippen LogP) is -0.763. The molecule has 0 aliphatic carbocycles. The van der Waals surface area contributed by atoms with Crippen molar-refractivity contribution in [3.8, 4) is 0 Å². The number of alkyl halides is 1. The number of carbonyl (C=O) groups is 1. The molecule has 1 aromatic carbocycles. The van der Waals surface area contributed by atoms with Gasteiger partial charge in [-0.05, 0) is 24.6 Å². The van der Waals surface area contributed by atoms with Gasteiger partial charge in [0.05, 0.1) is 12.0 Å². The molecule has 0 amide bonds. The van der Waals surface area contributed by atoms with Gasteiger partial charge in [-0.25, -0.2) is 0 Å². The van der Waals surface area contributed by atoms with Crippen molar-refractivity contribution in [2.45, 2.75) is 18.2 Å². The predicted molar refractivity (Wildman–Crippen MR) is 67.0 cm³/mol. The number of carbonyl (C=O) groups excluding carboxylic acids is 1. The third-order valence-corrected chi connectivity index (χ3v) is 3.27. The van der Waals surface area contributed by atoms with E-state index in [1.54, 1.807) is 18.2 Å². The zero-order valence-electron chi connectivity index (χ0n) is 9.57. The van der Waals surface area contributed by atoms with Crippen LogP contribution in [-0.2, 0) is 9.37 Å². The number of halogens is 1. The van der Waals surface area contributed by atoms with Gasteiger partial charge in [-0.3, -0.25) is 9.83 Å². The molecule has 0 N–H and O–H groups in total. The van der Waals surface area contributed by atoms with Gasteiger partial charge in [0.25, 0.3) is 0 Å². The van der Waals surface area contributed by atoms with E-state index < -0.39 is 0 Å². The van der Waals surface area contributed by atoms with Crippen LogP contribution in [0.5, 0.6) is 0 Å². The first-order chi connectivity index (χ1) is 7.69. The molecule has 4 nitrogen and oxygen atoms in total. The molecule has 0 atom stereocenters. The monoisotopic (exact) mass is 376 g/mol. The Bertz CT molecular complexity index is 375. The molecule has 0 unspecified atom stereocenters. The first kappa shape index (κ1) is 17.8. The van der Waals surface area contributed by atoms with E-state index in [9.17, 15) is 10.1 Å². The van der Waals surface area contributed by atoms with Crippen molar-refractivity contribution in [2.75, 3.05) is 4.43 Å². The second-order valence-electron chi connectivity index (χ2n) is 3.06. The standard InChI is InChI=1S/C10H11IO4S.Na/c1-7-6-8(9(12)4-5-11)2-3-10(7)16-15-14-13;/h2-3,6,13H,4-5H2,1H3;/q;+1/p-1. The largest absolute Gasteiger partial charge is 1.00 e. The average molecular weight is 376 g/mol.